The zero-order valence-electron chi connectivity index (χ0n) is 19.6. The predicted octanol–water partition coefficient (Wildman–Crippen LogP) is 6.55. The Morgan fingerprint density at radius 1 is 0.824 bits per heavy atom. The minimum atomic E-state index is -0.508. The van der Waals surface area contributed by atoms with Crippen LogP contribution in [-0.4, -0.2) is 17.4 Å². The van der Waals surface area contributed by atoms with Crippen LogP contribution in [0.25, 0.3) is 17.7 Å². The number of allylic oxidation sites excluding steroid dienone is 1. The summed E-state index contributed by atoms with van der Waals surface area (Å²) in [6.07, 6.45) is 8.60. The van der Waals surface area contributed by atoms with Crippen LogP contribution in [0.5, 0.6) is 5.75 Å². The van der Waals surface area contributed by atoms with Gasteiger partial charge in [0.15, 0.2) is 0 Å². The lowest BCUT2D eigenvalue weighted by Crippen LogP contribution is -2.48. The minimum Gasteiger partial charge on any atom is -0.423 e. The Kier molecular flexibility index (Phi) is 6.60. The molecular formula is C30H27NO3. The van der Waals surface area contributed by atoms with Gasteiger partial charge < -0.3 is 4.74 Å². The fourth-order valence-corrected chi connectivity index (χ4v) is 4.16. The van der Waals surface area contributed by atoms with Gasteiger partial charge in [0.05, 0.1) is 11.2 Å². The molecule has 1 aliphatic rings. The Balaban J connectivity index is 1.57. The van der Waals surface area contributed by atoms with Gasteiger partial charge >= 0.3 is 5.97 Å². The molecule has 0 N–H and O–H groups in total. The second kappa shape index (κ2) is 9.75. The number of anilines is 1. The van der Waals surface area contributed by atoms with Crippen molar-refractivity contribution < 1.29 is 14.3 Å². The van der Waals surface area contributed by atoms with Crippen molar-refractivity contribution in [2.45, 2.75) is 26.3 Å². The molecule has 0 fully saturated rings. The molecule has 0 unspecified atom stereocenters. The maximum atomic E-state index is 13.3. The van der Waals surface area contributed by atoms with E-state index >= 15 is 0 Å². The summed E-state index contributed by atoms with van der Waals surface area (Å²) in [4.78, 5) is 27.4. The van der Waals surface area contributed by atoms with Crippen molar-refractivity contribution in [3.63, 3.8) is 0 Å². The number of amides is 1. The number of carbonyl (C=O) groups excluding carboxylic acids is 2. The molecule has 1 heterocycles. The SMILES string of the molecule is CC1=CC(C)(C)N(C(=O)C=Cc2ccccc2)c2ccc(OC(=O)C=Cc3ccccc3)cc21. The first-order valence-corrected chi connectivity index (χ1v) is 11.2. The van der Waals surface area contributed by atoms with E-state index in [4.69, 9.17) is 4.74 Å². The van der Waals surface area contributed by atoms with Gasteiger partial charge in [-0.3, -0.25) is 9.69 Å². The van der Waals surface area contributed by atoms with E-state index in [1.54, 1.807) is 23.1 Å². The highest BCUT2D eigenvalue weighted by Gasteiger charge is 2.35. The molecule has 34 heavy (non-hydrogen) atoms. The highest BCUT2D eigenvalue weighted by molar-refractivity contribution is 6.08. The highest BCUT2D eigenvalue weighted by atomic mass is 16.5. The monoisotopic (exact) mass is 449 g/mol. The van der Waals surface area contributed by atoms with Crippen molar-refractivity contribution in [1.29, 1.82) is 0 Å². The number of hydrogen-bond acceptors (Lipinski definition) is 3. The van der Waals surface area contributed by atoms with Crippen molar-refractivity contribution in [3.05, 3.63) is 114 Å². The van der Waals surface area contributed by atoms with Crippen LogP contribution in [0.3, 0.4) is 0 Å². The standard InChI is InChI=1S/C30H27NO3/c1-22-21-30(2,3)31(28(32)18-14-23-10-6-4-7-11-23)27-17-16-25(20-26(22)27)34-29(33)19-15-24-12-8-5-9-13-24/h4-21H,1-3H3. The summed E-state index contributed by atoms with van der Waals surface area (Å²) in [6.45, 7) is 6.02. The van der Waals surface area contributed by atoms with E-state index in [0.29, 0.717) is 5.75 Å². The number of fused-ring (bicyclic) bond motifs is 1. The molecule has 0 atom stereocenters. The van der Waals surface area contributed by atoms with Crippen LogP contribution in [0.2, 0.25) is 0 Å². The molecule has 0 aromatic heterocycles. The maximum Gasteiger partial charge on any atom is 0.336 e. The summed E-state index contributed by atoms with van der Waals surface area (Å²) in [5, 5.41) is 0. The van der Waals surface area contributed by atoms with Gasteiger partial charge in [-0.2, -0.15) is 0 Å². The normalized spacial score (nSPS) is 14.7. The fraction of sp³-hybridized carbons (Fsp3) is 0.133. The quantitative estimate of drug-likeness (QED) is 0.252. The first-order valence-electron chi connectivity index (χ1n) is 11.2. The van der Waals surface area contributed by atoms with E-state index in [1.807, 2.05) is 99.6 Å². The molecule has 0 bridgehead atoms. The summed E-state index contributed by atoms with van der Waals surface area (Å²) in [6, 6.07) is 24.7. The molecule has 0 saturated heterocycles. The van der Waals surface area contributed by atoms with Crippen molar-refractivity contribution in [3.8, 4) is 5.75 Å². The summed E-state index contributed by atoms with van der Waals surface area (Å²) in [7, 11) is 0. The van der Waals surface area contributed by atoms with Gasteiger partial charge in [0.1, 0.15) is 5.75 Å². The number of esters is 1. The van der Waals surface area contributed by atoms with E-state index in [9.17, 15) is 9.59 Å². The van der Waals surface area contributed by atoms with Gasteiger partial charge in [0, 0.05) is 17.7 Å². The van der Waals surface area contributed by atoms with Crippen LogP contribution in [0.4, 0.5) is 5.69 Å². The number of rotatable bonds is 5. The summed E-state index contributed by atoms with van der Waals surface area (Å²) in [5.41, 5.74) is 4.04. The number of ether oxygens (including phenoxy) is 1. The Hall–Kier alpha value is -4.18. The number of hydrogen-bond donors (Lipinski definition) is 0. The van der Waals surface area contributed by atoms with Gasteiger partial charge in [-0.25, -0.2) is 4.79 Å². The molecule has 3 aromatic carbocycles. The first-order chi connectivity index (χ1) is 16.3. The zero-order valence-corrected chi connectivity index (χ0v) is 19.6. The van der Waals surface area contributed by atoms with Crippen LogP contribution in [0.1, 0.15) is 37.5 Å². The molecular weight excluding hydrogens is 422 g/mol. The maximum absolute atomic E-state index is 13.3. The van der Waals surface area contributed by atoms with Crippen LogP contribution in [-0.2, 0) is 9.59 Å². The highest BCUT2D eigenvalue weighted by Crippen LogP contribution is 2.40. The molecule has 170 valence electrons. The molecule has 1 aliphatic heterocycles. The van der Waals surface area contributed by atoms with Crippen molar-refractivity contribution in [2.24, 2.45) is 0 Å². The topological polar surface area (TPSA) is 46.6 Å². The number of nitrogens with zero attached hydrogens (tertiary/aromatic N) is 1. The van der Waals surface area contributed by atoms with Crippen LogP contribution >= 0.6 is 0 Å². The minimum absolute atomic E-state index is 0.116. The number of benzene rings is 3. The van der Waals surface area contributed by atoms with Gasteiger partial charge in [-0.15, -0.1) is 0 Å². The molecule has 1 amide bonds. The molecule has 3 aromatic rings. The molecule has 0 radical (unpaired) electrons. The van der Waals surface area contributed by atoms with Crippen molar-refractivity contribution >= 4 is 35.3 Å². The van der Waals surface area contributed by atoms with E-state index in [0.717, 1.165) is 28.0 Å². The summed E-state index contributed by atoms with van der Waals surface area (Å²) < 4.78 is 5.53. The van der Waals surface area contributed by atoms with E-state index in [-0.39, 0.29) is 5.91 Å². The lowest BCUT2D eigenvalue weighted by atomic mass is 9.88. The molecule has 4 heteroatoms. The van der Waals surface area contributed by atoms with Gasteiger partial charge in [0.25, 0.3) is 5.91 Å². The van der Waals surface area contributed by atoms with E-state index in [1.165, 1.54) is 6.08 Å². The van der Waals surface area contributed by atoms with Crippen LogP contribution in [0, 0.1) is 0 Å². The second-order valence-electron chi connectivity index (χ2n) is 8.74. The van der Waals surface area contributed by atoms with Gasteiger partial charge in [-0.05, 0) is 67.8 Å². The molecule has 4 rings (SSSR count). The van der Waals surface area contributed by atoms with Crippen molar-refractivity contribution in [1.82, 2.24) is 0 Å². The average molecular weight is 450 g/mol. The Bertz CT molecular complexity index is 1290. The third-order valence-electron chi connectivity index (χ3n) is 5.65. The largest absolute Gasteiger partial charge is 0.423 e. The Labute approximate surface area is 200 Å². The second-order valence-corrected chi connectivity index (χ2v) is 8.74. The van der Waals surface area contributed by atoms with Crippen LogP contribution in [0.15, 0.2) is 97.1 Å². The third-order valence-corrected chi connectivity index (χ3v) is 5.65. The van der Waals surface area contributed by atoms with Crippen molar-refractivity contribution in [2.75, 3.05) is 4.90 Å². The smallest absolute Gasteiger partial charge is 0.336 e. The lowest BCUT2D eigenvalue weighted by molar-refractivity contribution is -0.128. The number of carbonyl (C=O) groups is 2. The zero-order chi connectivity index (χ0) is 24.1. The van der Waals surface area contributed by atoms with E-state index < -0.39 is 11.5 Å². The summed E-state index contributed by atoms with van der Waals surface area (Å²) in [5.74, 6) is -0.143. The summed E-state index contributed by atoms with van der Waals surface area (Å²) >= 11 is 0. The van der Waals surface area contributed by atoms with Gasteiger partial charge in [0.2, 0.25) is 0 Å². The Morgan fingerprint density at radius 3 is 2.03 bits per heavy atom. The molecule has 4 nitrogen and oxygen atoms in total. The average Bonchev–Trinajstić information content (AvgIpc) is 2.82. The van der Waals surface area contributed by atoms with E-state index in [2.05, 4.69) is 6.08 Å². The van der Waals surface area contributed by atoms with Gasteiger partial charge in [-0.1, -0.05) is 66.7 Å². The van der Waals surface area contributed by atoms with Crippen LogP contribution < -0.4 is 9.64 Å². The predicted molar refractivity (Wildman–Crippen MR) is 138 cm³/mol. The lowest BCUT2D eigenvalue weighted by Gasteiger charge is -2.41. The fourth-order valence-electron chi connectivity index (χ4n) is 4.16. The third kappa shape index (κ3) is 5.24. The molecule has 0 saturated carbocycles. The Morgan fingerprint density at radius 2 is 1.41 bits per heavy atom. The molecule has 0 aliphatic carbocycles. The first kappa shape index (κ1) is 23.0. The molecule has 0 spiro atoms.